The fraction of sp³-hybridized carbons (Fsp3) is 0. The Hall–Kier alpha value is -7.77. The van der Waals surface area contributed by atoms with Crippen LogP contribution in [0.2, 0.25) is 0 Å². The van der Waals surface area contributed by atoms with E-state index in [0.717, 1.165) is 77.3 Å². The van der Waals surface area contributed by atoms with Crippen LogP contribution in [0.15, 0.2) is 188 Å². The Kier molecular flexibility index (Phi) is 7.35. The Labute approximate surface area is 321 Å². The fourth-order valence-electron chi connectivity index (χ4n) is 7.91. The van der Waals surface area contributed by atoms with Crippen molar-refractivity contribution in [3.8, 4) is 56.7 Å². The molecule has 0 atom stereocenters. The number of hydrogen-bond donors (Lipinski definition) is 0. The first-order valence-electron chi connectivity index (χ1n) is 18.6. The second-order valence-electron chi connectivity index (χ2n) is 13.8. The zero-order valence-corrected chi connectivity index (χ0v) is 30.0. The maximum Gasteiger partial charge on any atom is 0.240 e. The Morgan fingerprint density at radius 1 is 0.357 bits per heavy atom. The van der Waals surface area contributed by atoms with Gasteiger partial charge in [-0.25, -0.2) is 4.98 Å². The highest BCUT2D eigenvalue weighted by atomic mass is 15.3. The zero-order valence-electron chi connectivity index (χ0n) is 30.0. The first-order valence-corrected chi connectivity index (χ1v) is 18.6. The molecule has 7 nitrogen and oxygen atoms in total. The van der Waals surface area contributed by atoms with Gasteiger partial charge >= 0.3 is 0 Å². The Bertz CT molecular complexity index is 3140. The molecule has 262 valence electrons. The Morgan fingerprint density at radius 3 is 1.45 bits per heavy atom. The molecule has 4 aromatic heterocycles. The van der Waals surface area contributed by atoms with Crippen molar-refractivity contribution >= 4 is 43.9 Å². The van der Waals surface area contributed by atoms with Crippen LogP contribution < -0.4 is 0 Å². The molecule has 11 rings (SSSR count). The van der Waals surface area contributed by atoms with Crippen molar-refractivity contribution in [2.75, 3.05) is 0 Å². The Balaban J connectivity index is 1.21. The molecule has 0 aliphatic carbocycles. The van der Waals surface area contributed by atoms with Crippen LogP contribution in [-0.2, 0) is 0 Å². The van der Waals surface area contributed by atoms with Crippen LogP contribution in [0.3, 0.4) is 0 Å². The van der Waals surface area contributed by atoms with E-state index in [1.807, 2.05) is 28.8 Å². The summed E-state index contributed by atoms with van der Waals surface area (Å²) < 4.78 is 4.34. The van der Waals surface area contributed by atoms with Gasteiger partial charge in [-0.2, -0.15) is 9.97 Å². The molecule has 0 bridgehead atoms. The van der Waals surface area contributed by atoms with Gasteiger partial charge in [-0.15, -0.1) is 10.2 Å². The second-order valence-corrected chi connectivity index (χ2v) is 13.8. The molecule has 7 aromatic carbocycles. The SMILES string of the molecule is c1ccc(-c2cccc(-c3nc(-c4cccc(-c5ccccc5)c4)nc(-n4c5ccccc5c5c4nnc4c6ccccc6n(-c6ccccc6)c45)n3)c2)cc1. The maximum atomic E-state index is 5.26. The average Bonchev–Trinajstić information content (AvgIpc) is 3.80. The van der Waals surface area contributed by atoms with E-state index >= 15 is 0 Å². The third kappa shape index (κ3) is 5.17. The maximum absolute atomic E-state index is 5.26. The summed E-state index contributed by atoms with van der Waals surface area (Å²) in [6, 6.07) is 64.7. The number of aromatic nitrogens is 7. The predicted octanol–water partition coefficient (Wildman–Crippen LogP) is 11.5. The minimum atomic E-state index is 0.461. The van der Waals surface area contributed by atoms with Gasteiger partial charge in [-0.3, -0.25) is 4.57 Å². The van der Waals surface area contributed by atoms with Gasteiger partial charge in [-0.1, -0.05) is 152 Å². The second kappa shape index (κ2) is 13.0. The molecular formula is C49H31N7. The fourth-order valence-corrected chi connectivity index (χ4v) is 7.91. The van der Waals surface area contributed by atoms with E-state index in [0.29, 0.717) is 23.2 Å². The lowest BCUT2D eigenvalue weighted by molar-refractivity contribution is 0.932. The summed E-state index contributed by atoms with van der Waals surface area (Å²) in [6.45, 7) is 0. The molecule has 0 unspecified atom stereocenters. The number of hydrogen-bond acceptors (Lipinski definition) is 5. The first-order chi connectivity index (χ1) is 27.8. The summed E-state index contributed by atoms with van der Waals surface area (Å²) >= 11 is 0. The first kappa shape index (κ1) is 31.7. The van der Waals surface area contributed by atoms with Crippen LogP contribution in [-0.4, -0.2) is 34.3 Å². The molecule has 0 radical (unpaired) electrons. The molecule has 0 N–H and O–H groups in total. The quantitative estimate of drug-likeness (QED) is 0.171. The van der Waals surface area contributed by atoms with Crippen molar-refractivity contribution in [3.05, 3.63) is 188 Å². The van der Waals surface area contributed by atoms with E-state index in [-0.39, 0.29) is 0 Å². The van der Waals surface area contributed by atoms with E-state index in [2.05, 4.69) is 168 Å². The smallest absolute Gasteiger partial charge is 0.240 e. The van der Waals surface area contributed by atoms with Crippen molar-refractivity contribution in [1.29, 1.82) is 0 Å². The summed E-state index contributed by atoms with van der Waals surface area (Å²) in [5.74, 6) is 1.58. The largest absolute Gasteiger partial charge is 0.307 e. The van der Waals surface area contributed by atoms with E-state index in [9.17, 15) is 0 Å². The van der Waals surface area contributed by atoms with E-state index < -0.39 is 0 Å². The predicted molar refractivity (Wildman–Crippen MR) is 226 cm³/mol. The summed E-state index contributed by atoms with van der Waals surface area (Å²) in [5.41, 5.74) is 11.7. The topological polar surface area (TPSA) is 74.3 Å². The van der Waals surface area contributed by atoms with Crippen molar-refractivity contribution in [1.82, 2.24) is 34.3 Å². The van der Waals surface area contributed by atoms with Crippen LogP contribution in [0.25, 0.3) is 101 Å². The summed E-state index contributed by atoms with van der Waals surface area (Å²) in [7, 11) is 0. The van der Waals surface area contributed by atoms with Gasteiger partial charge in [0.2, 0.25) is 5.95 Å². The number of benzene rings is 7. The third-order valence-electron chi connectivity index (χ3n) is 10.5. The van der Waals surface area contributed by atoms with Gasteiger partial charge < -0.3 is 4.57 Å². The van der Waals surface area contributed by atoms with Crippen molar-refractivity contribution in [3.63, 3.8) is 0 Å². The highest BCUT2D eigenvalue weighted by Gasteiger charge is 2.24. The van der Waals surface area contributed by atoms with Crippen LogP contribution in [0.5, 0.6) is 0 Å². The molecular weight excluding hydrogens is 687 g/mol. The summed E-state index contributed by atoms with van der Waals surface area (Å²) in [5, 5.41) is 13.0. The molecule has 0 saturated heterocycles. The normalized spacial score (nSPS) is 11.6. The highest BCUT2D eigenvalue weighted by molar-refractivity contribution is 6.23. The van der Waals surface area contributed by atoms with Crippen molar-refractivity contribution < 1.29 is 0 Å². The van der Waals surface area contributed by atoms with Crippen LogP contribution in [0.1, 0.15) is 0 Å². The van der Waals surface area contributed by atoms with Gasteiger partial charge in [0.25, 0.3) is 0 Å². The molecule has 4 heterocycles. The lowest BCUT2D eigenvalue weighted by Crippen LogP contribution is -2.07. The molecule has 7 heteroatoms. The van der Waals surface area contributed by atoms with Gasteiger partial charge in [-0.05, 0) is 58.7 Å². The van der Waals surface area contributed by atoms with Gasteiger partial charge in [0.05, 0.1) is 21.9 Å². The lowest BCUT2D eigenvalue weighted by Gasteiger charge is -2.12. The standard InChI is InChI=1S/C49H31N7/c1-4-16-32(17-5-1)34-20-14-22-36(30-34)46-50-47(37-23-15-21-35(31-37)33-18-6-2-7-19-33)52-49(51-46)56-41-28-12-10-26-39(41)43-45-44(53-54-48(43)56)40-27-11-13-29-42(40)55(45)38-24-8-3-9-25-38/h1-31H. The number of fused-ring (bicyclic) bond motifs is 7. The van der Waals surface area contributed by atoms with E-state index in [1.54, 1.807) is 0 Å². The van der Waals surface area contributed by atoms with Crippen LogP contribution in [0, 0.1) is 0 Å². The molecule has 0 fully saturated rings. The van der Waals surface area contributed by atoms with Crippen molar-refractivity contribution in [2.24, 2.45) is 0 Å². The van der Waals surface area contributed by atoms with Gasteiger partial charge in [0.1, 0.15) is 5.52 Å². The van der Waals surface area contributed by atoms with Gasteiger partial charge in [0, 0.05) is 27.6 Å². The highest BCUT2D eigenvalue weighted by Crippen LogP contribution is 2.40. The lowest BCUT2D eigenvalue weighted by atomic mass is 10.0. The zero-order chi connectivity index (χ0) is 37.0. The molecule has 11 aromatic rings. The van der Waals surface area contributed by atoms with Crippen LogP contribution >= 0.6 is 0 Å². The molecule has 56 heavy (non-hydrogen) atoms. The minimum absolute atomic E-state index is 0.461. The molecule has 0 amide bonds. The molecule has 0 aliphatic rings. The molecule has 0 saturated carbocycles. The molecule has 0 spiro atoms. The number of para-hydroxylation sites is 3. The summed E-state index contributed by atoms with van der Waals surface area (Å²) in [4.78, 5) is 15.7. The Morgan fingerprint density at radius 2 is 0.839 bits per heavy atom. The number of rotatable bonds is 6. The average molecular weight is 718 g/mol. The minimum Gasteiger partial charge on any atom is -0.307 e. The van der Waals surface area contributed by atoms with Crippen LogP contribution in [0.4, 0.5) is 0 Å². The van der Waals surface area contributed by atoms with Crippen molar-refractivity contribution in [2.45, 2.75) is 0 Å². The van der Waals surface area contributed by atoms with Gasteiger partial charge in [0.15, 0.2) is 17.3 Å². The third-order valence-corrected chi connectivity index (χ3v) is 10.5. The molecule has 0 aliphatic heterocycles. The summed E-state index contributed by atoms with van der Waals surface area (Å²) in [6.07, 6.45) is 0. The van der Waals surface area contributed by atoms with E-state index in [4.69, 9.17) is 25.1 Å². The number of nitrogens with zero attached hydrogens (tertiary/aromatic N) is 7. The monoisotopic (exact) mass is 717 g/mol. The van der Waals surface area contributed by atoms with E-state index in [1.165, 1.54) is 0 Å².